The second-order valence-electron chi connectivity index (χ2n) is 4.00. The fraction of sp³-hybridized carbons (Fsp3) is 0.143. The highest BCUT2D eigenvalue weighted by atomic mass is 16.1. The van der Waals surface area contributed by atoms with E-state index in [1.165, 1.54) is 10.6 Å². The van der Waals surface area contributed by atoms with Crippen molar-refractivity contribution < 1.29 is 0 Å². The van der Waals surface area contributed by atoms with Gasteiger partial charge in [-0.2, -0.15) is 5.26 Å². The Hall–Kier alpha value is -2.34. The van der Waals surface area contributed by atoms with Gasteiger partial charge in [-0.3, -0.25) is 9.36 Å². The lowest BCUT2D eigenvalue weighted by atomic mass is 10.1. The average molecular weight is 224 g/mol. The molecule has 2 aromatic rings. The van der Waals surface area contributed by atoms with Crippen LogP contribution in [-0.2, 0) is 0 Å². The lowest BCUT2D eigenvalue weighted by Gasteiger charge is -2.09. The first-order valence-corrected chi connectivity index (χ1v) is 5.33. The number of benzene rings is 1. The summed E-state index contributed by atoms with van der Waals surface area (Å²) in [6, 6.07) is 11.0. The number of nitriles is 1. The molecule has 0 fully saturated rings. The highest BCUT2D eigenvalue weighted by Crippen LogP contribution is 2.13. The highest BCUT2D eigenvalue weighted by Gasteiger charge is 2.06. The van der Waals surface area contributed by atoms with Gasteiger partial charge in [0, 0.05) is 6.20 Å². The molecule has 0 spiro atoms. The first kappa shape index (κ1) is 11.2. The molecule has 0 amide bonds. The summed E-state index contributed by atoms with van der Waals surface area (Å²) in [5, 5.41) is 8.84. The zero-order chi connectivity index (χ0) is 12.4. The molecule has 0 aliphatic heterocycles. The molecule has 0 unspecified atom stereocenters. The lowest BCUT2D eigenvalue weighted by molar-refractivity contribution is 0.969. The van der Waals surface area contributed by atoms with Crippen LogP contribution in [0, 0.1) is 25.2 Å². The molecule has 17 heavy (non-hydrogen) atoms. The second-order valence-corrected chi connectivity index (χ2v) is 4.00. The van der Waals surface area contributed by atoms with E-state index in [0.717, 1.165) is 16.8 Å². The predicted molar refractivity (Wildman–Crippen MR) is 66.2 cm³/mol. The van der Waals surface area contributed by atoms with Gasteiger partial charge in [-0.1, -0.05) is 17.7 Å². The Balaban J connectivity index is 2.70. The van der Waals surface area contributed by atoms with Crippen molar-refractivity contribution in [3.63, 3.8) is 0 Å². The number of pyridine rings is 1. The summed E-state index contributed by atoms with van der Waals surface area (Å²) in [5.74, 6) is 0. The van der Waals surface area contributed by atoms with E-state index in [0.29, 0.717) is 0 Å². The summed E-state index contributed by atoms with van der Waals surface area (Å²) in [5.41, 5.74) is 2.87. The minimum atomic E-state index is -0.276. The van der Waals surface area contributed by atoms with Crippen molar-refractivity contribution >= 4 is 0 Å². The van der Waals surface area contributed by atoms with Crippen LogP contribution in [0.2, 0.25) is 0 Å². The van der Waals surface area contributed by atoms with Crippen LogP contribution in [0.1, 0.15) is 16.7 Å². The monoisotopic (exact) mass is 224 g/mol. The van der Waals surface area contributed by atoms with Gasteiger partial charge in [-0.25, -0.2) is 0 Å². The topological polar surface area (TPSA) is 45.8 Å². The van der Waals surface area contributed by atoms with Crippen LogP contribution in [0.25, 0.3) is 5.69 Å². The van der Waals surface area contributed by atoms with Gasteiger partial charge in [0.05, 0.1) is 5.69 Å². The summed E-state index contributed by atoms with van der Waals surface area (Å²) < 4.78 is 1.51. The summed E-state index contributed by atoms with van der Waals surface area (Å²) in [6.07, 6.45) is 1.68. The van der Waals surface area contributed by atoms with Crippen molar-refractivity contribution in [3.05, 3.63) is 63.6 Å². The molecule has 0 aliphatic carbocycles. The lowest BCUT2D eigenvalue weighted by Crippen LogP contribution is -2.20. The zero-order valence-corrected chi connectivity index (χ0v) is 9.77. The van der Waals surface area contributed by atoms with Gasteiger partial charge in [-0.05, 0) is 37.6 Å². The largest absolute Gasteiger partial charge is 0.283 e. The van der Waals surface area contributed by atoms with Gasteiger partial charge in [0.2, 0.25) is 0 Å². The highest BCUT2D eigenvalue weighted by molar-refractivity contribution is 5.44. The van der Waals surface area contributed by atoms with Gasteiger partial charge in [-0.15, -0.1) is 0 Å². The van der Waals surface area contributed by atoms with Crippen molar-refractivity contribution in [2.75, 3.05) is 0 Å². The molecule has 0 saturated heterocycles. The third-order valence-electron chi connectivity index (χ3n) is 2.68. The average Bonchev–Trinajstić information content (AvgIpc) is 2.30. The first-order valence-electron chi connectivity index (χ1n) is 5.33. The molecule has 0 aliphatic rings. The third-order valence-corrected chi connectivity index (χ3v) is 2.68. The summed E-state index contributed by atoms with van der Waals surface area (Å²) in [6.45, 7) is 3.96. The molecule has 0 saturated carbocycles. The maximum absolute atomic E-state index is 12.0. The van der Waals surface area contributed by atoms with E-state index in [-0.39, 0.29) is 11.1 Å². The number of rotatable bonds is 1. The van der Waals surface area contributed by atoms with Crippen molar-refractivity contribution in [1.29, 1.82) is 5.26 Å². The van der Waals surface area contributed by atoms with Crippen LogP contribution < -0.4 is 5.56 Å². The van der Waals surface area contributed by atoms with Gasteiger partial charge in [0.25, 0.3) is 5.56 Å². The number of aromatic nitrogens is 1. The molecule has 0 atom stereocenters. The van der Waals surface area contributed by atoms with Crippen LogP contribution in [0.5, 0.6) is 0 Å². The van der Waals surface area contributed by atoms with Crippen LogP contribution in [0.15, 0.2) is 41.3 Å². The Labute approximate surface area is 99.6 Å². The zero-order valence-electron chi connectivity index (χ0n) is 9.77. The Morgan fingerprint density at radius 2 is 2.00 bits per heavy atom. The summed E-state index contributed by atoms with van der Waals surface area (Å²) in [4.78, 5) is 12.0. The first-order chi connectivity index (χ1) is 8.13. The van der Waals surface area contributed by atoms with Gasteiger partial charge in [0.15, 0.2) is 0 Å². The summed E-state index contributed by atoms with van der Waals surface area (Å²) in [7, 11) is 0. The normalized spacial score (nSPS) is 9.94. The molecule has 0 bridgehead atoms. The molecule has 1 heterocycles. The van der Waals surface area contributed by atoms with Crippen LogP contribution in [0.3, 0.4) is 0 Å². The Bertz CT molecular complexity index is 663. The van der Waals surface area contributed by atoms with Gasteiger partial charge in [0.1, 0.15) is 11.6 Å². The Kier molecular flexibility index (Phi) is 2.80. The van der Waals surface area contributed by atoms with Crippen LogP contribution in [-0.4, -0.2) is 4.57 Å². The fourth-order valence-corrected chi connectivity index (χ4v) is 1.84. The van der Waals surface area contributed by atoms with Crippen molar-refractivity contribution in [1.82, 2.24) is 4.57 Å². The molecular weight excluding hydrogens is 212 g/mol. The van der Waals surface area contributed by atoms with E-state index in [4.69, 9.17) is 5.26 Å². The Morgan fingerprint density at radius 1 is 1.24 bits per heavy atom. The van der Waals surface area contributed by atoms with Gasteiger partial charge >= 0.3 is 0 Å². The molecule has 0 N–H and O–H groups in total. The molecular formula is C14H12N2O. The van der Waals surface area contributed by atoms with Crippen LogP contribution in [0.4, 0.5) is 0 Å². The van der Waals surface area contributed by atoms with E-state index in [1.54, 1.807) is 12.3 Å². The minimum Gasteiger partial charge on any atom is -0.283 e. The van der Waals surface area contributed by atoms with E-state index in [9.17, 15) is 4.79 Å². The minimum absolute atomic E-state index is 0.160. The molecule has 2 rings (SSSR count). The predicted octanol–water partition coefficient (Wildman–Crippen LogP) is 2.33. The molecule has 0 radical (unpaired) electrons. The maximum Gasteiger partial charge on any atom is 0.272 e. The van der Waals surface area contributed by atoms with Gasteiger partial charge < -0.3 is 0 Å². The SMILES string of the molecule is Cc1ccc(-n2cccc(C#N)c2=O)c(C)c1. The molecule has 3 nitrogen and oxygen atoms in total. The van der Waals surface area contributed by atoms with E-state index >= 15 is 0 Å². The van der Waals surface area contributed by atoms with Crippen LogP contribution >= 0.6 is 0 Å². The van der Waals surface area contributed by atoms with E-state index < -0.39 is 0 Å². The second kappa shape index (κ2) is 4.26. The summed E-state index contributed by atoms with van der Waals surface area (Å²) >= 11 is 0. The number of hydrogen-bond donors (Lipinski definition) is 0. The maximum atomic E-state index is 12.0. The number of nitrogens with zero attached hydrogens (tertiary/aromatic N) is 2. The molecule has 84 valence electrons. The molecule has 3 heteroatoms. The quantitative estimate of drug-likeness (QED) is 0.746. The molecule has 1 aromatic carbocycles. The standard InChI is InChI=1S/C14H12N2O/c1-10-5-6-13(11(2)8-10)16-7-3-4-12(9-15)14(16)17/h3-8H,1-2H3. The Morgan fingerprint density at radius 3 is 2.65 bits per heavy atom. The van der Waals surface area contributed by atoms with Crippen molar-refractivity contribution in [2.24, 2.45) is 0 Å². The third kappa shape index (κ3) is 1.98. The molecule has 1 aromatic heterocycles. The van der Waals surface area contributed by atoms with E-state index in [2.05, 4.69) is 0 Å². The smallest absolute Gasteiger partial charge is 0.272 e. The fourth-order valence-electron chi connectivity index (χ4n) is 1.84. The number of aryl methyl sites for hydroxylation is 2. The van der Waals surface area contributed by atoms with Crippen molar-refractivity contribution in [2.45, 2.75) is 13.8 Å². The van der Waals surface area contributed by atoms with E-state index in [1.807, 2.05) is 38.1 Å². The number of hydrogen-bond acceptors (Lipinski definition) is 2. The van der Waals surface area contributed by atoms with Crippen molar-refractivity contribution in [3.8, 4) is 11.8 Å².